The Morgan fingerprint density at radius 2 is 1.14 bits per heavy atom. The van der Waals surface area contributed by atoms with Gasteiger partial charge in [-0.15, -0.1) is 12.4 Å². The van der Waals surface area contributed by atoms with Crippen LogP contribution < -0.4 is 20.9 Å². The van der Waals surface area contributed by atoms with Gasteiger partial charge in [-0.3, -0.25) is 0 Å². The van der Waals surface area contributed by atoms with Gasteiger partial charge in [0.2, 0.25) is 0 Å². The average Bonchev–Trinajstić information content (AvgIpc) is 3.72. The molecular formula is C30H33ClN8O3. The lowest BCUT2D eigenvalue weighted by Gasteiger charge is -2.15. The largest absolute Gasteiger partial charge is 0.490 e. The number of nitrogens with two attached hydrogens (primary N) is 2. The molecule has 0 radical (unpaired) electrons. The molecule has 2 aromatic carbocycles. The number of ether oxygens (including phenoxy) is 2. The molecule has 0 bridgehead atoms. The molecule has 0 unspecified atom stereocenters. The maximum Gasteiger partial charge on any atom is 0.172 e. The monoisotopic (exact) mass is 588 g/mol. The van der Waals surface area contributed by atoms with E-state index in [4.69, 9.17) is 25.4 Å². The van der Waals surface area contributed by atoms with Crippen LogP contribution in [0.2, 0.25) is 0 Å². The van der Waals surface area contributed by atoms with E-state index in [-0.39, 0.29) is 36.3 Å². The summed E-state index contributed by atoms with van der Waals surface area (Å²) in [7, 11) is 0. The number of H-pyrrole nitrogens is 2. The Balaban J connectivity index is 0.00000405. The summed E-state index contributed by atoms with van der Waals surface area (Å²) in [5.74, 6) is 4.03. The minimum atomic E-state index is -0.0717. The predicted molar refractivity (Wildman–Crippen MR) is 166 cm³/mol. The fraction of sp³-hybridized carbons (Fsp3) is 0.200. The molecule has 0 saturated heterocycles. The van der Waals surface area contributed by atoms with Gasteiger partial charge in [0.15, 0.2) is 23.3 Å². The molecule has 0 aliphatic heterocycles. The molecule has 3 aromatic heterocycles. The number of hydrogen-bond acceptors (Lipinski definition) is 7. The van der Waals surface area contributed by atoms with Gasteiger partial charge in [-0.2, -0.15) is 0 Å². The standard InChI is InChI=1S/C30H32N8O3.ClH/c1-17(2)39-25-15-19(37-27(31)29-33-11-12-34-29)5-7-21(25)23-9-10-24(41-23)22-8-6-20(16-26(22)40-18(3)4)38-28(32)30-35-13-14-36-30;/h5-18H,1-4H3,(H2,31,37)(H2,32,38)(H,33,34)(H,35,36);1H. The zero-order valence-corrected chi connectivity index (χ0v) is 24.5. The van der Waals surface area contributed by atoms with Gasteiger partial charge in [-0.05, 0) is 64.1 Å². The number of rotatable bonds is 10. The first-order valence-electron chi connectivity index (χ1n) is 13.2. The topological polar surface area (TPSA) is 166 Å². The van der Waals surface area contributed by atoms with E-state index in [0.29, 0.717) is 46.0 Å². The number of hydrogen-bond donors (Lipinski definition) is 4. The number of nitrogens with zero attached hydrogens (tertiary/aromatic N) is 4. The number of amidine groups is 2. The van der Waals surface area contributed by atoms with E-state index in [1.807, 2.05) is 76.2 Å². The van der Waals surface area contributed by atoms with E-state index in [1.54, 1.807) is 24.8 Å². The highest BCUT2D eigenvalue weighted by Gasteiger charge is 2.18. The Hall–Kier alpha value is -5.03. The highest BCUT2D eigenvalue weighted by molar-refractivity contribution is 5.96. The van der Waals surface area contributed by atoms with Crippen LogP contribution in [0.1, 0.15) is 39.3 Å². The van der Waals surface area contributed by atoms with Crippen LogP contribution in [-0.2, 0) is 0 Å². The van der Waals surface area contributed by atoms with Crippen LogP contribution in [0.15, 0.2) is 87.7 Å². The molecule has 0 amide bonds. The maximum atomic E-state index is 6.35. The molecule has 3 heterocycles. The third kappa shape index (κ3) is 6.99. The molecule has 0 atom stereocenters. The second kappa shape index (κ2) is 13.1. The van der Waals surface area contributed by atoms with Crippen LogP contribution in [-0.4, -0.2) is 43.8 Å². The number of aromatic nitrogens is 4. The Labute approximate surface area is 249 Å². The third-order valence-corrected chi connectivity index (χ3v) is 5.77. The molecule has 0 aliphatic carbocycles. The first-order valence-corrected chi connectivity index (χ1v) is 13.2. The third-order valence-electron chi connectivity index (χ3n) is 5.77. The van der Waals surface area contributed by atoms with Crippen molar-refractivity contribution in [2.75, 3.05) is 0 Å². The lowest BCUT2D eigenvalue weighted by atomic mass is 10.1. The Morgan fingerprint density at radius 1 is 0.714 bits per heavy atom. The molecule has 0 saturated carbocycles. The zero-order valence-electron chi connectivity index (χ0n) is 23.7. The summed E-state index contributed by atoms with van der Waals surface area (Å²) >= 11 is 0. The normalized spacial score (nSPS) is 12.0. The second-order valence-corrected chi connectivity index (χ2v) is 9.73. The summed E-state index contributed by atoms with van der Waals surface area (Å²) in [5, 5.41) is 0. The van der Waals surface area contributed by atoms with Gasteiger partial charge in [0, 0.05) is 36.9 Å². The predicted octanol–water partition coefficient (Wildman–Crippen LogP) is 6.13. The molecular weight excluding hydrogens is 556 g/mol. The highest BCUT2D eigenvalue weighted by atomic mass is 35.5. The van der Waals surface area contributed by atoms with Gasteiger partial charge in [0.05, 0.1) is 34.7 Å². The summed E-state index contributed by atoms with van der Waals surface area (Å²) in [6.07, 6.45) is 6.49. The SMILES string of the molecule is CC(C)Oc1cc(N=C(N)c2ncc[nH]2)ccc1-c1ccc(-c2ccc(N=C(N)c3ncc[nH]3)cc2OC(C)C)o1.Cl. The fourth-order valence-electron chi connectivity index (χ4n) is 4.09. The van der Waals surface area contributed by atoms with E-state index in [9.17, 15) is 0 Å². The van der Waals surface area contributed by atoms with Crippen molar-refractivity contribution in [1.29, 1.82) is 0 Å². The van der Waals surface area contributed by atoms with E-state index < -0.39 is 0 Å². The highest BCUT2D eigenvalue weighted by Crippen LogP contribution is 2.40. The van der Waals surface area contributed by atoms with Gasteiger partial charge in [-0.25, -0.2) is 20.0 Å². The van der Waals surface area contributed by atoms with Crippen LogP contribution in [0, 0.1) is 0 Å². The number of aromatic amines is 2. The number of furan rings is 1. The fourth-order valence-corrected chi connectivity index (χ4v) is 4.09. The van der Waals surface area contributed by atoms with Gasteiger partial charge in [-0.1, -0.05) is 0 Å². The van der Waals surface area contributed by atoms with Crippen molar-refractivity contribution in [2.45, 2.75) is 39.9 Å². The van der Waals surface area contributed by atoms with Gasteiger partial charge in [0.25, 0.3) is 0 Å². The van der Waals surface area contributed by atoms with Crippen molar-refractivity contribution in [3.63, 3.8) is 0 Å². The van der Waals surface area contributed by atoms with Crippen LogP contribution in [0.3, 0.4) is 0 Å². The number of imidazole rings is 2. The smallest absolute Gasteiger partial charge is 0.172 e. The number of aliphatic imine (C=N–C) groups is 2. The van der Waals surface area contributed by atoms with Crippen LogP contribution in [0.25, 0.3) is 22.6 Å². The Kier molecular flexibility index (Phi) is 9.33. The molecule has 42 heavy (non-hydrogen) atoms. The van der Waals surface area contributed by atoms with Crippen molar-refractivity contribution in [3.05, 3.63) is 85.0 Å². The molecule has 218 valence electrons. The lowest BCUT2D eigenvalue weighted by molar-refractivity contribution is 0.243. The van der Waals surface area contributed by atoms with Crippen LogP contribution in [0.5, 0.6) is 11.5 Å². The molecule has 0 spiro atoms. The lowest BCUT2D eigenvalue weighted by Crippen LogP contribution is -2.14. The van der Waals surface area contributed by atoms with E-state index >= 15 is 0 Å². The van der Waals surface area contributed by atoms with Gasteiger partial charge < -0.3 is 35.3 Å². The molecule has 0 fully saturated rings. The first-order chi connectivity index (χ1) is 19.8. The van der Waals surface area contributed by atoms with Crippen molar-refractivity contribution in [3.8, 4) is 34.1 Å². The number of nitrogens with one attached hydrogen (secondary N) is 2. The Morgan fingerprint density at radius 3 is 1.50 bits per heavy atom. The molecule has 12 heteroatoms. The molecule has 5 rings (SSSR count). The number of halogens is 1. The van der Waals surface area contributed by atoms with E-state index in [1.165, 1.54) is 0 Å². The number of benzene rings is 2. The zero-order chi connectivity index (χ0) is 28.9. The van der Waals surface area contributed by atoms with E-state index in [2.05, 4.69) is 29.9 Å². The van der Waals surface area contributed by atoms with Crippen molar-refractivity contribution >= 4 is 35.5 Å². The summed E-state index contributed by atoms with van der Waals surface area (Å²) in [6.45, 7) is 7.84. The summed E-state index contributed by atoms with van der Waals surface area (Å²) in [5.41, 5.74) is 15.0. The van der Waals surface area contributed by atoms with Gasteiger partial charge in [0.1, 0.15) is 23.0 Å². The minimum absolute atomic E-state index is 0. The summed E-state index contributed by atoms with van der Waals surface area (Å²) in [4.78, 5) is 23.2. The quantitative estimate of drug-likeness (QED) is 0.112. The van der Waals surface area contributed by atoms with E-state index in [0.717, 1.165) is 11.1 Å². The second-order valence-electron chi connectivity index (χ2n) is 9.73. The van der Waals surface area contributed by atoms with Crippen molar-refractivity contribution in [2.24, 2.45) is 21.5 Å². The van der Waals surface area contributed by atoms with Crippen molar-refractivity contribution < 1.29 is 13.9 Å². The molecule has 6 N–H and O–H groups in total. The minimum Gasteiger partial charge on any atom is -0.490 e. The first kappa shape index (κ1) is 29.9. The molecule has 11 nitrogen and oxygen atoms in total. The summed E-state index contributed by atoms with van der Waals surface area (Å²) in [6, 6.07) is 15.0. The van der Waals surface area contributed by atoms with Crippen molar-refractivity contribution in [1.82, 2.24) is 19.9 Å². The summed E-state index contributed by atoms with van der Waals surface area (Å²) < 4.78 is 18.6. The van der Waals surface area contributed by atoms with Crippen LogP contribution in [0.4, 0.5) is 11.4 Å². The Bertz CT molecular complexity index is 1550. The molecule has 5 aromatic rings. The van der Waals surface area contributed by atoms with Gasteiger partial charge >= 0.3 is 0 Å². The maximum absolute atomic E-state index is 6.35. The average molecular weight is 589 g/mol. The van der Waals surface area contributed by atoms with Crippen LogP contribution >= 0.6 is 12.4 Å². The molecule has 0 aliphatic rings.